The molecule has 7 heteroatoms. The van der Waals surface area contributed by atoms with Crippen LogP contribution in [0.25, 0.3) is 0 Å². The number of carbonyl (C=O) groups excluding carboxylic acids is 1. The normalized spacial score (nSPS) is 10.2. The molecular weight excluding hydrogens is 342 g/mol. The predicted molar refractivity (Wildman–Crippen MR) is 85.6 cm³/mol. The first-order valence-electron chi connectivity index (χ1n) is 5.44. The highest BCUT2D eigenvalue weighted by atomic mass is 35.5. The molecule has 3 nitrogen and oxygen atoms in total. The van der Waals surface area contributed by atoms with E-state index in [1.54, 1.807) is 24.3 Å². The van der Waals surface area contributed by atoms with Gasteiger partial charge in [0.25, 0.3) is 0 Å². The lowest BCUT2D eigenvalue weighted by Gasteiger charge is -2.11. The number of nitrogens with one attached hydrogen (secondary N) is 2. The van der Waals surface area contributed by atoms with Crippen molar-refractivity contribution in [2.24, 2.45) is 0 Å². The fourth-order valence-corrected chi connectivity index (χ4v) is 2.51. The van der Waals surface area contributed by atoms with E-state index in [0.29, 0.717) is 21.4 Å². The van der Waals surface area contributed by atoms with Gasteiger partial charge >= 0.3 is 6.03 Å². The Morgan fingerprint density at radius 3 is 1.90 bits per heavy atom. The second-order valence-corrected chi connectivity index (χ2v) is 5.52. The Morgan fingerprint density at radius 2 is 1.35 bits per heavy atom. The van der Waals surface area contributed by atoms with Gasteiger partial charge in [-0.1, -0.05) is 46.4 Å². The SMILES string of the molecule is O=C(Nc1ccc(Cl)cc1)Nc1c(Cl)cc(Cl)cc1Cl. The minimum atomic E-state index is -0.474. The molecule has 2 N–H and O–H groups in total. The molecule has 0 bridgehead atoms. The maximum Gasteiger partial charge on any atom is 0.323 e. The Hall–Kier alpha value is -1.13. The van der Waals surface area contributed by atoms with Crippen LogP contribution < -0.4 is 10.6 Å². The molecule has 2 amide bonds. The zero-order valence-corrected chi connectivity index (χ0v) is 12.9. The van der Waals surface area contributed by atoms with Gasteiger partial charge < -0.3 is 10.6 Å². The zero-order valence-electron chi connectivity index (χ0n) is 9.88. The highest BCUT2D eigenvalue weighted by Gasteiger charge is 2.11. The quantitative estimate of drug-likeness (QED) is 0.691. The van der Waals surface area contributed by atoms with Gasteiger partial charge in [0.1, 0.15) is 0 Å². The lowest BCUT2D eigenvalue weighted by molar-refractivity contribution is 0.262. The van der Waals surface area contributed by atoms with Crippen LogP contribution in [0.3, 0.4) is 0 Å². The molecule has 104 valence electrons. The molecule has 0 saturated heterocycles. The van der Waals surface area contributed by atoms with Crippen molar-refractivity contribution in [3.63, 3.8) is 0 Å². The zero-order chi connectivity index (χ0) is 14.7. The highest BCUT2D eigenvalue weighted by Crippen LogP contribution is 2.33. The van der Waals surface area contributed by atoms with Crippen LogP contribution in [0.4, 0.5) is 16.2 Å². The van der Waals surface area contributed by atoms with E-state index in [2.05, 4.69) is 10.6 Å². The molecule has 0 fully saturated rings. The monoisotopic (exact) mass is 348 g/mol. The van der Waals surface area contributed by atoms with Crippen molar-refractivity contribution in [2.75, 3.05) is 10.6 Å². The molecular formula is C13H8Cl4N2O. The maximum absolute atomic E-state index is 11.9. The van der Waals surface area contributed by atoms with Crippen LogP contribution >= 0.6 is 46.4 Å². The van der Waals surface area contributed by atoms with E-state index in [9.17, 15) is 4.79 Å². The Labute approximate surface area is 135 Å². The molecule has 0 spiro atoms. The number of urea groups is 1. The third kappa shape index (κ3) is 3.93. The third-order valence-corrected chi connectivity index (χ3v) is 3.41. The van der Waals surface area contributed by atoms with E-state index in [-0.39, 0.29) is 10.0 Å². The van der Waals surface area contributed by atoms with E-state index in [4.69, 9.17) is 46.4 Å². The number of hydrogen-bond donors (Lipinski definition) is 2. The molecule has 2 aromatic carbocycles. The molecule has 0 heterocycles. The molecule has 0 atom stereocenters. The van der Waals surface area contributed by atoms with E-state index < -0.39 is 6.03 Å². The smallest absolute Gasteiger partial charge is 0.308 e. The second kappa shape index (κ2) is 6.55. The first-order valence-corrected chi connectivity index (χ1v) is 6.95. The van der Waals surface area contributed by atoms with Crippen molar-refractivity contribution in [1.82, 2.24) is 0 Å². The van der Waals surface area contributed by atoms with Crippen LogP contribution in [-0.2, 0) is 0 Å². The molecule has 0 aliphatic heterocycles. The summed E-state index contributed by atoms with van der Waals surface area (Å²) in [5, 5.41) is 6.68. The minimum absolute atomic E-state index is 0.258. The maximum atomic E-state index is 11.9. The summed E-state index contributed by atoms with van der Waals surface area (Å²) in [7, 11) is 0. The van der Waals surface area contributed by atoms with Gasteiger partial charge in [-0.05, 0) is 36.4 Å². The number of anilines is 2. The number of benzene rings is 2. The van der Waals surface area contributed by atoms with Crippen molar-refractivity contribution >= 4 is 63.8 Å². The Kier molecular flexibility index (Phi) is 5.00. The number of carbonyl (C=O) groups is 1. The molecule has 0 aliphatic rings. The van der Waals surface area contributed by atoms with Crippen molar-refractivity contribution in [3.05, 3.63) is 56.5 Å². The fraction of sp³-hybridized carbons (Fsp3) is 0. The molecule has 0 radical (unpaired) electrons. The van der Waals surface area contributed by atoms with Crippen molar-refractivity contribution in [1.29, 1.82) is 0 Å². The Bertz CT molecular complexity index is 620. The Balaban J connectivity index is 2.10. The highest BCUT2D eigenvalue weighted by molar-refractivity contribution is 6.42. The lowest BCUT2D eigenvalue weighted by Crippen LogP contribution is -2.19. The summed E-state index contributed by atoms with van der Waals surface area (Å²) < 4.78 is 0. The summed E-state index contributed by atoms with van der Waals surface area (Å²) in [6, 6.07) is 9.19. The van der Waals surface area contributed by atoms with Gasteiger partial charge in [-0.25, -0.2) is 4.79 Å². The van der Waals surface area contributed by atoms with Gasteiger partial charge in [0.05, 0.1) is 15.7 Å². The van der Waals surface area contributed by atoms with Gasteiger partial charge in [0.2, 0.25) is 0 Å². The molecule has 0 aliphatic carbocycles. The third-order valence-electron chi connectivity index (χ3n) is 2.35. The van der Waals surface area contributed by atoms with E-state index in [1.165, 1.54) is 12.1 Å². The average Bonchev–Trinajstić information content (AvgIpc) is 2.36. The summed E-state index contributed by atoms with van der Waals surface area (Å²) >= 11 is 23.5. The molecule has 2 rings (SSSR count). The van der Waals surface area contributed by atoms with Crippen LogP contribution in [-0.4, -0.2) is 6.03 Å². The van der Waals surface area contributed by atoms with Crippen LogP contribution in [0.2, 0.25) is 20.1 Å². The number of hydrogen-bond acceptors (Lipinski definition) is 1. The van der Waals surface area contributed by atoms with Crippen molar-refractivity contribution in [2.45, 2.75) is 0 Å². The van der Waals surface area contributed by atoms with Gasteiger partial charge in [0.15, 0.2) is 0 Å². The predicted octanol–water partition coefficient (Wildman–Crippen LogP) is 5.94. The second-order valence-electron chi connectivity index (χ2n) is 3.83. The van der Waals surface area contributed by atoms with Crippen LogP contribution in [0.15, 0.2) is 36.4 Å². The first-order chi connectivity index (χ1) is 9.45. The van der Waals surface area contributed by atoms with E-state index in [1.807, 2.05) is 0 Å². The van der Waals surface area contributed by atoms with E-state index >= 15 is 0 Å². The number of rotatable bonds is 2. The topological polar surface area (TPSA) is 41.1 Å². The fourth-order valence-electron chi connectivity index (χ4n) is 1.47. The average molecular weight is 350 g/mol. The van der Waals surface area contributed by atoms with Crippen molar-refractivity contribution in [3.8, 4) is 0 Å². The summed E-state index contributed by atoms with van der Waals surface area (Å²) in [5.74, 6) is 0. The summed E-state index contributed by atoms with van der Waals surface area (Å²) in [6.07, 6.45) is 0. The first kappa shape index (κ1) is 15.3. The number of amides is 2. The summed E-state index contributed by atoms with van der Waals surface area (Å²) in [6.45, 7) is 0. The van der Waals surface area contributed by atoms with Crippen molar-refractivity contribution < 1.29 is 4.79 Å². The minimum Gasteiger partial charge on any atom is -0.308 e. The largest absolute Gasteiger partial charge is 0.323 e. The lowest BCUT2D eigenvalue weighted by atomic mass is 10.3. The van der Waals surface area contributed by atoms with Crippen LogP contribution in [0.5, 0.6) is 0 Å². The van der Waals surface area contributed by atoms with Gasteiger partial charge in [-0.15, -0.1) is 0 Å². The van der Waals surface area contributed by atoms with Gasteiger partial charge in [-0.3, -0.25) is 0 Å². The number of halogens is 4. The van der Waals surface area contributed by atoms with Gasteiger partial charge in [0, 0.05) is 15.7 Å². The summed E-state index contributed by atoms with van der Waals surface area (Å²) in [5.41, 5.74) is 0.886. The summed E-state index contributed by atoms with van der Waals surface area (Å²) in [4.78, 5) is 11.9. The molecule has 0 aromatic heterocycles. The van der Waals surface area contributed by atoms with Crippen LogP contribution in [0.1, 0.15) is 0 Å². The van der Waals surface area contributed by atoms with E-state index in [0.717, 1.165) is 0 Å². The standard InChI is InChI=1S/C13H8Cl4N2O/c14-7-1-3-9(4-2-7)18-13(20)19-12-10(16)5-8(15)6-11(12)17/h1-6H,(H2,18,19,20). The van der Waals surface area contributed by atoms with Gasteiger partial charge in [-0.2, -0.15) is 0 Å². The molecule has 2 aromatic rings. The Morgan fingerprint density at radius 1 is 0.800 bits per heavy atom. The molecule has 20 heavy (non-hydrogen) atoms. The molecule has 0 unspecified atom stereocenters. The molecule has 0 saturated carbocycles. The van der Waals surface area contributed by atoms with Crippen LogP contribution in [0, 0.1) is 0 Å².